The third-order valence-electron chi connectivity index (χ3n) is 3.59. The van der Waals surface area contributed by atoms with Crippen LogP contribution in [0.1, 0.15) is 23.9 Å². The van der Waals surface area contributed by atoms with E-state index in [-0.39, 0.29) is 18.3 Å². The zero-order valence-electron chi connectivity index (χ0n) is 13.2. The van der Waals surface area contributed by atoms with E-state index in [1.165, 1.54) is 5.56 Å². The summed E-state index contributed by atoms with van der Waals surface area (Å²) in [6.45, 7) is 6.16. The molecule has 1 aromatic carbocycles. The minimum absolute atomic E-state index is 0.151. The van der Waals surface area contributed by atoms with Crippen molar-refractivity contribution < 1.29 is 10.2 Å². The van der Waals surface area contributed by atoms with E-state index in [1.807, 2.05) is 32.0 Å². The predicted octanol–water partition coefficient (Wildman–Crippen LogP) is 2.73. The van der Waals surface area contributed by atoms with Gasteiger partial charge in [-0.25, -0.2) is 0 Å². The molecule has 1 unspecified atom stereocenters. The average molecular weight is 300 g/mol. The molecule has 118 valence electrons. The number of aliphatic hydroxyl groups excluding tert-OH is 1. The van der Waals surface area contributed by atoms with Crippen molar-refractivity contribution >= 4 is 0 Å². The Labute approximate surface area is 132 Å². The maximum Gasteiger partial charge on any atom is 0.138 e. The molecule has 2 N–H and O–H groups in total. The van der Waals surface area contributed by atoms with Crippen molar-refractivity contribution in [3.05, 3.63) is 59.4 Å². The van der Waals surface area contributed by atoms with Gasteiger partial charge in [0.2, 0.25) is 0 Å². The standard InChI is InChI=1S/C18H24N2O2/c1-14(13-21)10-20(11-16-6-4-3-5-7-16)12-17-18(22)9-8-15(2)19-17/h3-9,14,21-22H,10-13H2,1-2H3. The van der Waals surface area contributed by atoms with E-state index in [9.17, 15) is 10.2 Å². The Bertz CT molecular complexity index is 587. The number of benzene rings is 1. The van der Waals surface area contributed by atoms with Crippen LogP contribution in [0.3, 0.4) is 0 Å². The first-order valence-corrected chi connectivity index (χ1v) is 7.61. The fourth-order valence-electron chi connectivity index (χ4n) is 2.46. The van der Waals surface area contributed by atoms with Crippen molar-refractivity contribution in [2.75, 3.05) is 13.2 Å². The third-order valence-corrected chi connectivity index (χ3v) is 3.59. The van der Waals surface area contributed by atoms with Gasteiger partial charge in [-0.2, -0.15) is 0 Å². The predicted molar refractivity (Wildman–Crippen MR) is 87.4 cm³/mol. The van der Waals surface area contributed by atoms with Gasteiger partial charge >= 0.3 is 0 Å². The van der Waals surface area contributed by atoms with Gasteiger partial charge in [-0.1, -0.05) is 37.3 Å². The molecule has 4 nitrogen and oxygen atoms in total. The van der Waals surface area contributed by atoms with Crippen LogP contribution in [-0.4, -0.2) is 33.2 Å². The average Bonchev–Trinajstić information content (AvgIpc) is 2.51. The van der Waals surface area contributed by atoms with Gasteiger partial charge in [0.1, 0.15) is 5.75 Å². The number of aryl methyl sites for hydroxylation is 1. The van der Waals surface area contributed by atoms with E-state index in [0.717, 1.165) is 18.8 Å². The van der Waals surface area contributed by atoms with Crippen molar-refractivity contribution in [1.82, 2.24) is 9.88 Å². The number of hydrogen-bond donors (Lipinski definition) is 2. The van der Waals surface area contributed by atoms with Crippen LogP contribution in [0.25, 0.3) is 0 Å². The van der Waals surface area contributed by atoms with Gasteiger partial charge in [0.25, 0.3) is 0 Å². The molecule has 2 rings (SSSR count). The second-order valence-electron chi connectivity index (χ2n) is 5.86. The third kappa shape index (κ3) is 4.83. The molecule has 0 bridgehead atoms. The minimum Gasteiger partial charge on any atom is -0.506 e. The molecule has 0 radical (unpaired) electrons. The number of aliphatic hydroxyl groups is 1. The lowest BCUT2D eigenvalue weighted by atomic mass is 10.1. The Balaban J connectivity index is 2.15. The Morgan fingerprint density at radius 3 is 2.50 bits per heavy atom. The van der Waals surface area contributed by atoms with Crippen LogP contribution in [0.15, 0.2) is 42.5 Å². The van der Waals surface area contributed by atoms with E-state index < -0.39 is 0 Å². The number of pyridine rings is 1. The second kappa shape index (κ2) is 7.92. The molecule has 0 spiro atoms. The molecule has 0 saturated carbocycles. The summed E-state index contributed by atoms with van der Waals surface area (Å²) < 4.78 is 0. The number of nitrogens with zero attached hydrogens (tertiary/aromatic N) is 2. The highest BCUT2D eigenvalue weighted by Crippen LogP contribution is 2.19. The first kappa shape index (κ1) is 16.5. The van der Waals surface area contributed by atoms with Crippen LogP contribution in [0.5, 0.6) is 5.75 Å². The van der Waals surface area contributed by atoms with E-state index >= 15 is 0 Å². The van der Waals surface area contributed by atoms with Crippen molar-refractivity contribution in [3.63, 3.8) is 0 Å². The molecule has 0 aliphatic heterocycles. The Kier molecular flexibility index (Phi) is 5.92. The Morgan fingerprint density at radius 1 is 1.09 bits per heavy atom. The SMILES string of the molecule is Cc1ccc(O)c(CN(Cc2ccccc2)CC(C)CO)n1. The zero-order chi connectivity index (χ0) is 15.9. The molecule has 22 heavy (non-hydrogen) atoms. The summed E-state index contributed by atoms with van der Waals surface area (Å²) in [5.74, 6) is 0.399. The van der Waals surface area contributed by atoms with E-state index in [0.29, 0.717) is 12.2 Å². The smallest absolute Gasteiger partial charge is 0.138 e. The van der Waals surface area contributed by atoms with E-state index in [1.54, 1.807) is 12.1 Å². The second-order valence-corrected chi connectivity index (χ2v) is 5.86. The molecule has 0 saturated heterocycles. The van der Waals surface area contributed by atoms with Gasteiger partial charge in [0.05, 0.1) is 5.69 Å². The largest absolute Gasteiger partial charge is 0.506 e. The summed E-state index contributed by atoms with van der Waals surface area (Å²) in [6.07, 6.45) is 0. The number of hydrogen-bond acceptors (Lipinski definition) is 4. The zero-order valence-corrected chi connectivity index (χ0v) is 13.2. The van der Waals surface area contributed by atoms with Crippen LogP contribution in [0.4, 0.5) is 0 Å². The fraction of sp³-hybridized carbons (Fsp3) is 0.389. The topological polar surface area (TPSA) is 56.6 Å². The summed E-state index contributed by atoms with van der Waals surface area (Å²) >= 11 is 0. The van der Waals surface area contributed by atoms with Crippen LogP contribution in [-0.2, 0) is 13.1 Å². The molecule has 0 fully saturated rings. The maximum atomic E-state index is 10.0. The summed E-state index contributed by atoms with van der Waals surface area (Å²) in [6, 6.07) is 13.7. The summed E-state index contributed by atoms with van der Waals surface area (Å²) in [7, 11) is 0. The Morgan fingerprint density at radius 2 is 1.82 bits per heavy atom. The lowest BCUT2D eigenvalue weighted by molar-refractivity contribution is 0.161. The van der Waals surface area contributed by atoms with Gasteiger partial charge in [-0.15, -0.1) is 0 Å². The molecule has 2 aromatic rings. The lowest BCUT2D eigenvalue weighted by Crippen LogP contribution is -2.29. The van der Waals surface area contributed by atoms with Crippen LogP contribution < -0.4 is 0 Å². The van der Waals surface area contributed by atoms with Gasteiger partial charge in [0, 0.05) is 31.9 Å². The molecular weight excluding hydrogens is 276 g/mol. The minimum atomic E-state index is 0.151. The highest BCUT2D eigenvalue weighted by Gasteiger charge is 2.14. The summed E-state index contributed by atoms with van der Waals surface area (Å²) in [5, 5.41) is 19.3. The van der Waals surface area contributed by atoms with Crippen LogP contribution in [0.2, 0.25) is 0 Å². The lowest BCUT2D eigenvalue weighted by Gasteiger charge is -2.25. The normalized spacial score (nSPS) is 12.5. The van der Waals surface area contributed by atoms with Gasteiger partial charge < -0.3 is 10.2 Å². The monoisotopic (exact) mass is 300 g/mol. The fourth-order valence-corrected chi connectivity index (χ4v) is 2.46. The molecule has 1 heterocycles. The van der Waals surface area contributed by atoms with Gasteiger partial charge in [-0.05, 0) is 30.5 Å². The molecule has 0 aliphatic rings. The molecule has 4 heteroatoms. The first-order valence-electron chi connectivity index (χ1n) is 7.61. The van der Waals surface area contributed by atoms with Gasteiger partial charge in [0.15, 0.2) is 0 Å². The Hall–Kier alpha value is -1.91. The highest BCUT2D eigenvalue weighted by molar-refractivity contribution is 5.27. The van der Waals surface area contributed by atoms with E-state index in [2.05, 4.69) is 22.0 Å². The van der Waals surface area contributed by atoms with Crippen LogP contribution >= 0.6 is 0 Å². The quantitative estimate of drug-likeness (QED) is 0.825. The number of aromatic hydroxyl groups is 1. The van der Waals surface area contributed by atoms with Gasteiger partial charge in [-0.3, -0.25) is 9.88 Å². The molecule has 1 atom stereocenters. The van der Waals surface area contributed by atoms with E-state index in [4.69, 9.17) is 0 Å². The highest BCUT2D eigenvalue weighted by atomic mass is 16.3. The summed E-state index contributed by atoms with van der Waals surface area (Å²) in [5.41, 5.74) is 2.78. The first-order chi connectivity index (χ1) is 10.6. The van der Waals surface area contributed by atoms with Crippen molar-refractivity contribution in [3.8, 4) is 5.75 Å². The summed E-state index contributed by atoms with van der Waals surface area (Å²) in [4.78, 5) is 6.64. The van der Waals surface area contributed by atoms with Crippen molar-refractivity contribution in [2.24, 2.45) is 5.92 Å². The molecule has 1 aromatic heterocycles. The molecule has 0 aliphatic carbocycles. The maximum absolute atomic E-state index is 10.0. The van der Waals surface area contributed by atoms with Crippen molar-refractivity contribution in [2.45, 2.75) is 26.9 Å². The molecular formula is C18H24N2O2. The number of rotatable bonds is 7. The van der Waals surface area contributed by atoms with Crippen LogP contribution in [0, 0.1) is 12.8 Å². The molecule has 0 amide bonds. The van der Waals surface area contributed by atoms with Crippen molar-refractivity contribution in [1.29, 1.82) is 0 Å². The number of aromatic nitrogens is 1.